The van der Waals surface area contributed by atoms with Gasteiger partial charge in [-0.3, -0.25) is 14.2 Å². The van der Waals surface area contributed by atoms with Gasteiger partial charge in [0.05, 0.1) is 16.6 Å². The zero-order valence-corrected chi connectivity index (χ0v) is 13.5. The number of rotatable bonds is 6. The fourth-order valence-corrected chi connectivity index (χ4v) is 3.29. The van der Waals surface area contributed by atoms with Crippen LogP contribution in [0.4, 0.5) is 0 Å². The van der Waals surface area contributed by atoms with Gasteiger partial charge in [-0.25, -0.2) is 4.98 Å². The molecule has 0 aromatic carbocycles. The fraction of sp³-hybridized carbons (Fsp3) is 0.533. The number of hydrogen-bond donors (Lipinski definition) is 1. The zero-order chi connectivity index (χ0) is 15.4. The van der Waals surface area contributed by atoms with E-state index in [2.05, 4.69) is 17.2 Å². The van der Waals surface area contributed by atoms with Crippen LogP contribution < -0.4 is 10.9 Å². The summed E-state index contributed by atoms with van der Waals surface area (Å²) < 4.78 is 1.61. The molecule has 0 saturated carbocycles. The number of thiophene rings is 1. The fourth-order valence-electron chi connectivity index (χ4n) is 2.23. The van der Waals surface area contributed by atoms with E-state index in [1.54, 1.807) is 10.9 Å². The molecule has 2 aromatic rings. The summed E-state index contributed by atoms with van der Waals surface area (Å²) in [5.74, 6) is -0.106. The summed E-state index contributed by atoms with van der Waals surface area (Å²) in [6, 6.07) is 0. The quantitative estimate of drug-likeness (QED) is 0.835. The molecule has 5 nitrogen and oxygen atoms in total. The summed E-state index contributed by atoms with van der Waals surface area (Å²) >= 11 is 1.29. The van der Waals surface area contributed by atoms with Crippen LogP contribution in [-0.4, -0.2) is 22.0 Å². The number of aromatic nitrogens is 2. The Kier molecular flexibility index (Phi) is 5.12. The smallest absolute Gasteiger partial charge is 0.262 e. The molecule has 0 spiro atoms. The van der Waals surface area contributed by atoms with E-state index < -0.39 is 0 Å². The lowest BCUT2D eigenvalue weighted by Gasteiger charge is -2.03. The van der Waals surface area contributed by atoms with E-state index in [0.717, 1.165) is 24.8 Å². The highest BCUT2D eigenvalue weighted by Gasteiger charge is 2.18. The van der Waals surface area contributed by atoms with E-state index in [4.69, 9.17) is 0 Å². The minimum absolute atomic E-state index is 0.0526. The summed E-state index contributed by atoms with van der Waals surface area (Å²) in [5, 5.41) is 3.48. The van der Waals surface area contributed by atoms with Gasteiger partial charge in [0, 0.05) is 13.1 Å². The van der Waals surface area contributed by atoms with Crippen molar-refractivity contribution in [2.75, 3.05) is 6.54 Å². The van der Waals surface area contributed by atoms with Gasteiger partial charge in [0.15, 0.2) is 0 Å². The molecule has 0 bridgehead atoms. The van der Waals surface area contributed by atoms with Gasteiger partial charge in [-0.15, -0.1) is 11.3 Å². The number of amides is 1. The normalized spacial score (nSPS) is 11.0. The van der Waals surface area contributed by atoms with E-state index in [1.165, 1.54) is 11.3 Å². The predicted molar refractivity (Wildman–Crippen MR) is 86.1 cm³/mol. The third-order valence-corrected chi connectivity index (χ3v) is 4.60. The molecule has 114 valence electrons. The minimum atomic E-state index is -0.106. The number of carbonyl (C=O) groups is 1. The summed E-state index contributed by atoms with van der Waals surface area (Å²) in [5.41, 5.74) is 0.690. The Balaban J connectivity index is 2.39. The van der Waals surface area contributed by atoms with Crippen molar-refractivity contribution in [2.45, 2.75) is 46.6 Å². The maximum atomic E-state index is 12.4. The van der Waals surface area contributed by atoms with Gasteiger partial charge in [0.2, 0.25) is 0 Å². The molecule has 0 unspecified atom stereocenters. The molecule has 6 heteroatoms. The van der Waals surface area contributed by atoms with E-state index in [1.807, 2.05) is 13.8 Å². The van der Waals surface area contributed by atoms with Crippen LogP contribution in [0.15, 0.2) is 11.1 Å². The lowest BCUT2D eigenvalue weighted by molar-refractivity contribution is 0.0957. The Hall–Kier alpha value is -1.69. The van der Waals surface area contributed by atoms with Crippen LogP contribution in [0, 0.1) is 6.92 Å². The van der Waals surface area contributed by atoms with Crippen molar-refractivity contribution in [1.29, 1.82) is 0 Å². The van der Waals surface area contributed by atoms with Crippen molar-refractivity contribution < 1.29 is 4.79 Å². The molecule has 0 radical (unpaired) electrons. The molecule has 0 saturated heterocycles. The van der Waals surface area contributed by atoms with Crippen LogP contribution in [0.25, 0.3) is 10.2 Å². The van der Waals surface area contributed by atoms with Crippen molar-refractivity contribution in [1.82, 2.24) is 14.9 Å². The highest BCUT2D eigenvalue weighted by atomic mass is 32.1. The summed E-state index contributed by atoms with van der Waals surface area (Å²) in [6.07, 6.45) is 4.44. The average molecular weight is 307 g/mol. The lowest BCUT2D eigenvalue weighted by Crippen LogP contribution is -2.24. The van der Waals surface area contributed by atoms with Crippen LogP contribution >= 0.6 is 11.3 Å². The third kappa shape index (κ3) is 3.15. The van der Waals surface area contributed by atoms with E-state index >= 15 is 0 Å². The van der Waals surface area contributed by atoms with Crippen molar-refractivity contribution in [3.63, 3.8) is 0 Å². The average Bonchev–Trinajstić information content (AvgIpc) is 2.80. The molecular formula is C15H21N3O2S. The number of hydrogen-bond acceptors (Lipinski definition) is 4. The van der Waals surface area contributed by atoms with Crippen molar-refractivity contribution in [3.05, 3.63) is 27.1 Å². The second-order valence-corrected chi connectivity index (χ2v) is 6.09. The van der Waals surface area contributed by atoms with Crippen molar-refractivity contribution in [3.8, 4) is 0 Å². The van der Waals surface area contributed by atoms with Crippen LogP contribution in [-0.2, 0) is 6.54 Å². The maximum absolute atomic E-state index is 12.4. The Morgan fingerprint density at radius 1 is 1.38 bits per heavy atom. The second kappa shape index (κ2) is 6.85. The van der Waals surface area contributed by atoms with Crippen molar-refractivity contribution >= 4 is 27.5 Å². The van der Waals surface area contributed by atoms with Gasteiger partial charge in [-0.1, -0.05) is 20.3 Å². The SMILES string of the molecule is CCCCNC(=O)c1sc2ncn(CCC)c(=O)c2c1C. The molecule has 1 amide bonds. The van der Waals surface area contributed by atoms with Gasteiger partial charge >= 0.3 is 0 Å². The molecule has 2 heterocycles. The number of fused-ring (bicyclic) bond motifs is 1. The molecule has 21 heavy (non-hydrogen) atoms. The predicted octanol–water partition coefficient (Wildman–Crippen LogP) is 2.71. The summed E-state index contributed by atoms with van der Waals surface area (Å²) in [7, 11) is 0. The molecule has 0 atom stereocenters. The van der Waals surface area contributed by atoms with Crippen LogP contribution in [0.5, 0.6) is 0 Å². The highest BCUT2D eigenvalue weighted by molar-refractivity contribution is 7.20. The molecule has 0 aliphatic rings. The van der Waals surface area contributed by atoms with Crippen LogP contribution in [0.3, 0.4) is 0 Å². The molecule has 0 aliphatic heterocycles. The molecule has 0 fully saturated rings. The monoisotopic (exact) mass is 307 g/mol. The minimum Gasteiger partial charge on any atom is -0.351 e. The number of carbonyl (C=O) groups excluding carboxylic acids is 1. The first kappa shape index (κ1) is 15.7. The first-order valence-electron chi connectivity index (χ1n) is 7.36. The number of nitrogens with one attached hydrogen (secondary N) is 1. The molecule has 1 N–H and O–H groups in total. The Morgan fingerprint density at radius 3 is 2.81 bits per heavy atom. The van der Waals surface area contributed by atoms with Gasteiger partial charge in [0.1, 0.15) is 4.83 Å². The van der Waals surface area contributed by atoms with Crippen molar-refractivity contribution in [2.24, 2.45) is 0 Å². The Bertz CT molecular complexity index is 703. The van der Waals surface area contributed by atoms with Gasteiger partial charge < -0.3 is 5.32 Å². The summed E-state index contributed by atoms with van der Waals surface area (Å²) in [6.45, 7) is 7.24. The van der Waals surface area contributed by atoms with E-state index in [-0.39, 0.29) is 11.5 Å². The molecule has 0 aliphatic carbocycles. The van der Waals surface area contributed by atoms with E-state index in [0.29, 0.717) is 28.2 Å². The molecular weight excluding hydrogens is 286 g/mol. The van der Waals surface area contributed by atoms with Gasteiger partial charge in [-0.05, 0) is 25.3 Å². The Labute approximate surface area is 128 Å². The largest absolute Gasteiger partial charge is 0.351 e. The number of nitrogens with zero attached hydrogens (tertiary/aromatic N) is 2. The summed E-state index contributed by atoms with van der Waals surface area (Å²) in [4.78, 5) is 30.2. The Morgan fingerprint density at radius 2 is 2.14 bits per heavy atom. The standard InChI is InChI=1S/C15H21N3O2S/c1-4-6-7-16-13(19)12-10(3)11-14(21-12)17-9-18(8-5-2)15(11)20/h9H,4-8H2,1-3H3,(H,16,19). The number of aryl methyl sites for hydroxylation is 2. The van der Waals surface area contributed by atoms with Gasteiger partial charge in [0.25, 0.3) is 11.5 Å². The third-order valence-electron chi connectivity index (χ3n) is 3.40. The van der Waals surface area contributed by atoms with Gasteiger partial charge in [-0.2, -0.15) is 0 Å². The van der Waals surface area contributed by atoms with E-state index in [9.17, 15) is 9.59 Å². The maximum Gasteiger partial charge on any atom is 0.262 e. The zero-order valence-electron chi connectivity index (χ0n) is 12.7. The number of unbranched alkanes of at least 4 members (excludes halogenated alkanes) is 1. The highest BCUT2D eigenvalue weighted by Crippen LogP contribution is 2.26. The second-order valence-electron chi connectivity index (χ2n) is 5.09. The molecule has 2 aromatic heterocycles. The van der Waals surface area contributed by atoms with Crippen LogP contribution in [0.2, 0.25) is 0 Å². The topological polar surface area (TPSA) is 64.0 Å². The first-order chi connectivity index (χ1) is 10.1. The molecule has 2 rings (SSSR count). The van der Waals surface area contributed by atoms with Crippen LogP contribution in [0.1, 0.15) is 48.3 Å². The first-order valence-corrected chi connectivity index (χ1v) is 8.18. The lowest BCUT2D eigenvalue weighted by atomic mass is 10.2.